The van der Waals surface area contributed by atoms with Crippen LogP contribution in [0.1, 0.15) is 18.4 Å². The standard InChI is InChI=1S/C13H19NO3S/c1-18(16,17)13-4-2-10(3-5-13)8-14-9-11-6-12(15)7-11/h2-5,11-12,14-15H,6-9H2,1H3. The Labute approximate surface area is 108 Å². The van der Waals surface area contributed by atoms with E-state index in [0.717, 1.165) is 31.5 Å². The first-order chi connectivity index (χ1) is 8.45. The van der Waals surface area contributed by atoms with E-state index in [2.05, 4.69) is 5.32 Å². The van der Waals surface area contributed by atoms with Crippen LogP contribution in [0.15, 0.2) is 29.2 Å². The van der Waals surface area contributed by atoms with Crippen LogP contribution in [-0.4, -0.2) is 32.4 Å². The molecule has 100 valence electrons. The third-order valence-electron chi connectivity index (χ3n) is 3.32. The topological polar surface area (TPSA) is 66.4 Å². The van der Waals surface area contributed by atoms with Crippen molar-refractivity contribution in [2.75, 3.05) is 12.8 Å². The van der Waals surface area contributed by atoms with Crippen molar-refractivity contribution >= 4 is 9.84 Å². The molecule has 0 atom stereocenters. The average Bonchev–Trinajstić information content (AvgIpc) is 2.26. The van der Waals surface area contributed by atoms with Crippen LogP contribution in [0.25, 0.3) is 0 Å². The smallest absolute Gasteiger partial charge is 0.175 e. The molecule has 1 aromatic rings. The normalized spacial score (nSPS) is 23.7. The summed E-state index contributed by atoms with van der Waals surface area (Å²) in [5, 5.41) is 12.5. The molecule has 0 bridgehead atoms. The molecule has 1 aliphatic carbocycles. The van der Waals surface area contributed by atoms with E-state index in [9.17, 15) is 8.42 Å². The number of aliphatic hydroxyl groups is 1. The summed E-state index contributed by atoms with van der Waals surface area (Å²) in [7, 11) is -3.10. The van der Waals surface area contributed by atoms with Gasteiger partial charge in [-0.15, -0.1) is 0 Å². The highest BCUT2D eigenvalue weighted by molar-refractivity contribution is 7.90. The molecule has 0 saturated heterocycles. The van der Waals surface area contributed by atoms with Crippen molar-refractivity contribution in [2.45, 2.75) is 30.4 Å². The minimum Gasteiger partial charge on any atom is -0.393 e. The molecule has 1 aromatic carbocycles. The largest absolute Gasteiger partial charge is 0.393 e. The van der Waals surface area contributed by atoms with E-state index in [-0.39, 0.29) is 6.10 Å². The number of rotatable bonds is 5. The fraction of sp³-hybridized carbons (Fsp3) is 0.538. The van der Waals surface area contributed by atoms with E-state index in [1.807, 2.05) is 12.1 Å². The first-order valence-electron chi connectivity index (χ1n) is 6.13. The molecule has 0 unspecified atom stereocenters. The van der Waals surface area contributed by atoms with Crippen LogP contribution in [0.4, 0.5) is 0 Å². The zero-order chi connectivity index (χ0) is 13.2. The fourth-order valence-corrected chi connectivity index (χ4v) is 2.77. The van der Waals surface area contributed by atoms with E-state index in [1.54, 1.807) is 12.1 Å². The number of nitrogens with one attached hydrogen (secondary N) is 1. The second-order valence-electron chi connectivity index (χ2n) is 5.04. The Morgan fingerprint density at radius 1 is 1.28 bits per heavy atom. The highest BCUT2D eigenvalue weighted by atomic mass is 32.2. The molecule has 0 amide bonds. The van der Waals surface area contributed by atoms with Gasteiger partial charge in [0.05, 0.1) is 11.0 Å². The van der Waals surface area contributed by atoms with Crippen LogP contribution in [0.3, 0.4) is 0 Å². The molecule has 2 N–H and O–H groups in total. The monoisotopic (exact) mass is 269 g/mol. The van der Waals surface area contributed by atoms with Crippen LogP contribution in [-0.2, 0) is 16.4 Å². The Balaban J connectivity index is 1.80. The molecule has 0 aromatic heterocycles. The minimum atomic E-state index is -3.10. The fourth-order valence-electron chi connectivity index (χ4n) is 2.14. The van der Waals surface area contributed by atoms with Crippen molar-refractivity contribution in [3.63, 3.8) is 0 Å². The number of sulfone groups is 1. The predicted molar refractivity (Wildman–Crippen MR) is 70.0 cm³/mol. The van der Waals surface area contributed by atoms with Gasteiger partial charge in [0.25, 0.3) is 0 Å². The van der Waals surface area contributed by atoms with Gasteiger partial charge in [-0.1, -0.05) is 12.1 Å². The average molecular weight is 269 g/mol. The summed E-state index contributed by atoms with van der Waals surface area (Å²) in [6.07, 6.45) is 2.88. The molecule has 1 aliphatic rings. The predicted octanol–water partition coefficient (Wildman–Crippen LogP) is 0.951. The first-order valence-corrected chi connectivity index (χ1v) is 8.02. The molecule has 2 rings (SSSR count). The van der Waals surface area contributed by atoms with Gasteiger partial charge in [-0.3, -0.25) is 0 Å². The van der Waals surface area contributed by atoms with Crippen LogP contribution in [0.2, 0.25) is 0 Å². The second-order valence-corrected chi connectivity index (χ2v) is 7.05. The van der Waals surface area contributed by atoms with E-state index in [1.165, 1.54) is 6.26 Å². The van der Waals surface area contributed by atoms with Crippen molar-refractivity contribution in [1.29, 1.82) is 0 Å². The lowest BCUT2D eigenvalue weighted by Gasteiger charge is -2.31. The summed E-state index contributed by atoms with van der Waals surface area (Å²) in [6.45, 7) is 1.64. The van der Waals surface area contributed by atoms with Crippen LogP contribution in [0.5, 0.6) is 0 Å². The Morgan fingerprint density at radius 2 is 1.89 bits per heavy atom. The first kappa shape index (κ1) is 13.5. The molecule has 1 saturated carbocycles. The summed E-state index contributed by atoms with van der Waals surface area (Å²) in [4.78, 5) is 0.355. The highest BCUT2D eigenvalue weighted by Gasteiger charge is 2.26. The lowest BCUT2D eigenvalue weighted by atomic mass is 9.82. The number of aliphatic hydroxyl groups excluding tert-OH is 1. The van der Waals surface area contributed by atoms with Gasteiger partial charge in [0.15, 0.2) is 9.84 Å². The number of hydrogen-bond donors (Lipinski definition) is 2. The molecular weight excluding hydrogens is 250 g/mol. The molecule has 5 heteroatoms. The SMILES string of the molecule is CS(=O)(=O)c1ccc(CNCC2CC(O)C2)cc1. The van der Waals surface area contributed by atoms with Crippen molar-refractivity contribution in [3.8, 4) is 0 Å². The van der Waals surface area contributed by atoms with Gasteiger partial charge in [-0.2, -0.15) is 0 Å². The van der Waals surface area contributed by atoms with E-state index >= 15 is 0 Å². The van der Waals surface area contributed by atoms with Gasteiger partial charge in [0.1, 0.15) is 0 Å². The molecule has 0 heterocycles. The van der Waals surface area contributed by atoms with Gasteiger partial charge in [0, 0.05) is 12.8 Å². The second kappa shape index (κ2) is 5.38. The molecular formula is C13H19NO3S. The molecule has 1 fully saturated rings. The summed E-state index contributed by atoms with van der Waals surface area (Å²) in [5.41, 5.74) is 1.07. The zero-order valence-corrected chi connectivity index (χ0v) is 11.3. The van der Waals surface area contributed by atoms with Crippen LogP contribution in [0, 0.1) is 5.92 Å². The van der Waals surface area contributed by atoms with Crippen molar-refractivity contribution in [2.24, 2.45) is 5.92 Å². The molecule has 0 spiro atoms. The van der Waals surface area contributed by atoms with Crippen molar-refractivity contribution in [1.82, 2.24) is 5.32 Å². The number of benzene rings is 1. The van der Waals surface area contributed by atoms with Gasteiger partial charge in [0.2, 0.25) is 0 Å². The van der Waals surface area contributed by atoms with Crippen LogP contribution >= 0.6 is 0 Å². The molecule has 4 nitrogen and oxygen atoms in total. The summed E-state index contributed by atoms with van der Waals surface area (Å²) in [6, 6.07) is 6.94. The van der Waals surface area contributed by atoms with Gasteiger partial charge < -0.3 is 10.4 Å². The Kier molecular flexibility index (Phi) is 4.04. The van der Waals surface area contributed by atoms with Crippen LogP contribution < -0.4 is 5.32 Å². The third-order valence-corrected chi connectivity index (χ3v) is 4.45. The summed E-state index contributed by atoms with van der Waals surface area (Å²) >= 11 is 0. The minimum absolute atomic E-state index is 0.106. The Bertz CT molecular complexity index is 489. The summed E-state index contributed by atoms with van der Waals surface area (Å²) < 4.78 is 22.6. The maximum Gasteiger partial charge on any atom is 0.175 e. The molecule has 0 radical (unpaired) electrons. The van der Waals surface area contributed by atoms with E-state index in [4.69, 9.17) is 5.11 Å². The maximum atomic E-state index is 11.3. The summed E-state index contributed by atoms with van der Waals surface area (Å²) in [5.74, 6) is 0.579. The quantitative estimate of drug-likeness (QED) is 0.835. The van der Waals surface area contributed by atoms with Crippen molar-refractivity contribution in [3.05, 3.63) is 29.8 Å². The third kappa shape index (κ3) is 3.54. The molecule has 18 heavy (non-hydrogen) atoms. The molecule has 0 aliphatic heterocycles. The van der Waals surface area contributed by atoms with Gasteiger partial charge >= 0.3 is 0 Å². The lowest BCUT2D eigenvalue weighted by Crippen LogP contribution is -2.35. The highest BCUT2D eigenvalue weighted by Crippen LogP contribution is 2.26. The van der Waals surface area contributed by atoms with Gasteiger partial charge in [-0.05, 0) is 43.0 Å². The zero-order valence-electron chi connectivity index (χ0n) is 10.5. The van der Waals surface area contributed by atoms with E-state index < -0.39 is 9.84 Å². The van der Waals surface area contributed by atoms with Crippen molar-refractivity contribution < 1.29 is 13.5 Å². The number of hydrogen-bond acceptors (Lipinski definition) is 4. The lowest BCUT2D eigenvalue weighted by molar-refractivity contribution is 0.0430. The van der Waals surface area contributed by atoms with E-state index in [0.29, 0.717) is 10.8 Å². The maximum absolute atomic E-state index is 11.3. The Hall–Kier alpha value is -0.910. The Morgan fingerprint density at radius 3 is 2.39 bits per heavy atom. The van der Waals surface area contributed by atoms with Gasteiger partial charge in [-0.25, -0.2) is 8.42 Å².